The largest absolute Gasteiger partial charge is 0.271 e. The van der Waals surface area contributed by atoms with E-state index in [-0.39, 0.29) is 10.5 Å². The summed E-state index contributed by atoms with van der Waals surface area (Å²) in [5.41, 5.74) is 2.68. The van der Waals surface area contributed by atoms with E-state index >= 15 is 0 Å². The van der Waals surface area contributed by atoms with Gasteiger partial charge in [0.1, 0.15) is 0 Å². The number of amides is 1. The predicted molar refractivity (Wildman–Crippen MR) is 93.8 cm³/mol. The van der Waals surface area contributed by atoms with Crippen LogP contribution in [0.5, 0.6) is 0 Å². The van der Waals surface area contributed by atoms with Crippen LogP contribution in [0.15, 0.2) is 51.8 Å². The number of nitrogens with zero attached hydrogens (tertiary/aromatic N) is 2. The highest BCUT2D eigenvalue weighted by Gasteiger charge is 2.27. The summed E-state index contributed by atoms with van der Waals surface area (Å²) < 4.78 is 26.5. The van der Waals surface area contributed by atoms with Crippen molar-refractivity contribution in [2.24, 2.45) is 5.10 Å². The Morgan fingerprint density at radius 1 is 1.21 bits per heavy atom. The van der Waals surface area contributed by atoms with E-state index in [1.165, 1.54) is 27.8 Å². The van der Waals surface area contributed by atoms with Gasteiger partial charge in [0, 0.05) is 23.5 Å². The zero-order chi connectivity index (χ0) is 17.0. The number of hydrogen-bond donors (Lipinski definition) is 1. The summed E-state index contributed by atoms with van der Waals surface area (Å²) in [4.78, 5) is 13.2. The van der Waals surface area contributed by atoms with Crippen molar-refractivity contribution in [3.05, 3.63) is 52.2 Å². The lowest BCUT2D eigenvalue weighted by Crippen LogP contribution is -2.28. The van der Waals surface area contributed by atoms with Crippen LogP contribution in [0.1, 0.15) is 28.1 Å². The highest BCUT2D eigenvalue weighted by molar-refractivity contribution is 7.89. The van der Waals surface area contributed by atoms with Crippen LogP contribution in [0.25, 0.3) is 0 Å². The summed E-state index contributed by atoms with van der Waals surface area (Å²) in [7, 11) is -3.53. The van der Waals surface area contributed by atoms with Crippen LogP contribution < -0.4 is 5.43 Å². The molecule has 1 aromatic carbocycles. The van der Waals surface area contributed by atoms with Crippen LogP contribution in [-0.2, 0) is 10.0 Å². The van der Waals surface area contributed by atoms with Gasteiger partial charge < -0.3 is 0 Å². The van der Waals surface area contributed by atoms with E-state index in [0.717, 1.165) is 17.7 Å². The normalized spacial score (nSPS) is 15.8. The fourth-order valence-corrected chi connectivity index (χ4v) is 4.61. The molecule has 1 saturated heterocycles. The van der Waals surface area contributed by atoms with Crippen molar-refractivity contribution in [3.63, 3.8) is 0 Å². The van der Waals surface area contributed by atoms with Gasteiger partial charge in [-0.15, -0.1) is 11.3 Å². The van der Waals surface area contributed by atoms with E-state index in [1.807, 2.05) is 17.5 Å². The van der Waals surface area contributed by atoms with E-state index in [9.17, 15) is 13.2 Å². The topological polar surface area (TPSA) is 78.8 Å². The van der Waals surface area contributed by atoms with Crippen LogP contribution in [0, 0.1) is 0 Å². The van der Waals surface area contributed by atoms with Crippen LogP contribution in [0.3, 0.4) is 0 Å². The molecule has 1 aliphatic rings. The first-order valence-electron chi connectivity index (χ1n) is 7.54. The van der Waals surface area contributed by atoms with Crippen molar-refractivity contribution in [1.29, 1.82) is 0 Å². The highest BCUT2D eigenvalue weighted by atomic mass is 32.2. The molecule has 0 atom stereocenters. The van der Waals surface area contributed by atoms with E-state index in [1.54, 1.807) is 18.3 Å². The number of thiophene rings is 1. The number of nitrogens with one attached hydrogen (secondary N) is 1. The number of carbonyl (C=O) groups is 1. The zero-order valence-electron chi connectivity index (χ0n) is 12.9. The average molecular weight is 363 g/mol. The molecule has 1 N–H and O–H groups in total. The van der Waals surface area contributed by atoms with Gasteiger partial charge in [-0.25, -0.2) is 13.8 Å². The molecule has 1 aliphatic heterocycles. The molecule has 0 bridgehead atoms. The van der Waals surface area contributed by atoms with Crippen LogP contribution in [0.4, 0.5) is 0 Å². The third-order valence-corrected chi connectivity index (χ3v) is 6.40. The molecule has 6 nitrogen and oxygen atoms in total. The summed E-state index contributed by atoms with van der Waals surface area (Å²) in [6, 6.07) is 9.81. The van der Waals surface area contributed by atoms with Gasteiger partial charge in [-0.05, 0) is 42.5 Å². The minimum atomic E-state index is -3.53. The van der Waals surface area contributed by atoms with Crippen LogP contribution >= 0.6 is 11.3 Å². The molecule has 0 saturated carbocycles. The van der Waals surface area contributed by atoms with Gasteiger partial charge in [0.2, 0.25) is 10.0 Å². The average Bonchev–Trinajstić information content (AvgIpc) is 3.29. The first kappa shape index (κ1) is 16.8. The maximum atomic E-state index is 12.5. The first-order valence-corrected chi connectivity index (χ1v) is 9.86. The third kappa shape index (κ3) is 3.72. The maximum absolute atomic E-state index is 12.5. The summed E-state index contributed by atoms with van der Waals surface area (Å²) in [5.74, 6) is -0.443. The molecule has 0 spiro atoms. The molecule has 2 aromatic rings. The second kappa shape index (κ2) is 7.25. The van der Waals surface area contributed by atoms with Gasteiger partial charge >= 0.3 is 0 Å². The Kier molecular flexibility index (Phi) is 5.08. The fourth-order valence-electron chi connectivity index (χ4n) is 2.46. The lowest BCUT2D eigenvalue weighted by atomic mass is 10.2. The minimum Gasteiger partial charge on any atom is -0.267 e. The van der Waals surface area contributed by atoms with Gasteiger partial charge in [0.25, 0.3) is 5.91 Å². The van der Waals surface area contributed by atoms with Crippen molar-refractivity contribution in [1.82, 2.24) is 9.73 Å². The molecule has 0 radical (unpaired) electrons. The lowest BCUT2D eigenvalue weighted by Gasteiger charge is -2.15. The second-order valence-corrected chi connectivity index (χ2v) is 8.27. The van der Waals surface area contributed by atoms with Gasteiger partial charge in [-0.2, -0.15) is 9.41 Å². The Labute approximate surface area is 144 Å². The summed E-state index contributed by atoms with van der Waals surface area (Å²) >= 11 is 1.50. The fraction of sp³-hybridized carbons (Fsp3) is 0.250. The van der Waals surface area contributed by atoms with E-state index < -0.39 is 15.9 Å². The maximum Gasteiger partial charge on any atom is 0.271 e. The number of carbonyl (C=O) groups excluding carboxylic acids is 1. The quantitative estimate of drug-likeness (QED) is 0.654. The Morgan fingerprint density at radius 3 is 2.71 bits per heavy atom. The van der Waals surface area contributed by atoms with Crippen LogP contribution in [0.2, 0.25) is 0 Å². The standard InChI is InChI=1S/C16H17N3O3S2/c20-16(18-17-12-14-6-4-10-23-14)13-5-3-7-15(11-13)24(21,22)19-8-1-2-9-19/h3-7,10-12H,1-2,8-9H2,(H,18,20)/b17-12+. The molecule has 24 heavy (non-hydrogen) atoms. The van der Waals surface area contributed by atoms with Gasteiger partial charge in [0.05, 0.1) is 11.1 Å². The number of hydrogen-bond acceptors (Lipinski definition) is 5. The molecule has 0 unspecified atom stereocenters. The molecular formula is C16H17N3O3S2. The molecule has 3 rings (SSSR count). The summed E-state index contributed by atoms with van der Waals surface area (Å²) in [5, 5.41) is 5.80. The molecule has 2 heterocycles. The summed E-state index contributed by atoms with van der Waals surface area (Å²) in [6.07, 6.45) is 3.29. The van der Waals surface area contributed by atoms with Crippen LogP contribution in [-0.4, -0.2) is 37.9 Å². The highest BCUT2D eigenvalue weighted by Crippen LogP contribution is 2.21. The zero-order valence-corrected chi connectivity index (χ0v) is 14.5. The predicted octanol–water partition coefficient (Wildman–Crippen LogP) is 2.30. The Hall–Kier alpha value is -2.03. The van der Waals surface area contributed by atoms with E-state index in [4.69, 9.17) is 0 Å². The lowest BCUT2D eigenvalue weighted by molar-refractivity contribution is 0.0955. The van der Waals surface area contributed by atoms with E-state index in [2.05, 4.69) is 10.5 Å². The number of rotatable bonds is 5. The molecule has 126 valence electrons. The second-order valence-electron chi connectivity index (χ2n) is 5.35. The van der Waals surface area contributed by atoms with Gasteiger partial charge in [0.15, 0.2) is 0 Å². The van der Waals surface area contributed by atoms with Gasteiger partial charge in [-0.3, -0.25) is 4.79 Å². The van der Waals surface area contributed by atoms with Crippen molar-refractivity contribution in [2.45, 2.75) is 17.7 Å². The molecule has 1 fully saturated rings. The third-order valence-electron chi connectivity index (χ3n) is 3.70. The molecule has 0 aliphatic carbocycles. The molecule has 1 amide bonds. The minimum absolute atomic E-state index is 0.138. The summed E-state index contributed by atoms with van der Waals surface area (Å²) in [6.45, 7) is 1.06. The first-order chi connectivity index (χ1) is 11.6. The van der Waals surface area contributed by atoms with E-state index in [0.29, 0.717) is 13.1 Å². The Balaban J connectivity index is 1.73. The Morgan fingerprint density at radius 2 is 2.00 bits per heavy atom. The van der Waals surface area contributed by atoms with Gasteiger partial charge in [-0.1, -0.05) is 12.1 Å². The number of benzene rings is 1. The monoisotopic (exact) mass is 363 g/mol. The van der Waals surface area contributed by atoms with Crippen molar-refractivity contribution in [3.8, 4) is 0 Å². The van der Waals surface area contributed by atoms with Crippen molar-refractivity contribution < 1.29 is 13.2 Å². The van der Waals surface area contributed by atoms with Crippen molar-refractivity contribution in [2.75, 3.05) is 13.1 Å². The molecule has 8 heteroatoms. The molecular weight excluding hydrogens is 346 g/mol. The smallest absolute Gasteiger partial charge is 0.267 e. The Bertz CT molecular complexity index is 839. The number of sulfonamides is 1. The SMILES string of the molecule is O=C(N/N=C/c1cccs1)c1cccc(S(=O)(=O)N2CCCC2)c1. The molecule has 1 aromatic heterocycles. The van der Waals surface area contributed by atoms with Crippen molar-refractivity contribution >= 4 is 33.5 Å². The number of hydrazone groups is 1.